The fraction of sp³-hybridized carbons (Fsp3) is 0.167. The third kappa shape index (κ3) is 3.83. The SMILES string of the molecule is Cn1cc(Cl)c(C(=O)Nc2ccc(OC(F)F)c(Cl)c2)n1. The Morgan fingerprint density at radius 1 is 1.38 bits per heavy atom. The fourth-order valence-electron chi connectivity index (χ4n) is 1.57. The van der Waals surface area contributed by atoms with E-state index in [0.717, 1.165) is 0 Å². The number of halogens is 4. The van der Waals surface area contributed by atoms with Crippen molar-refractivity contribution in [1.29, 1.82) is 0 Å². The van der Waals surface area contributed by atoms with Gasteiger partial charge in [-0.25, -0.2) is 0 Å². The summed E-state index contributed by atoms with van der Waals surface area (Å²) < 4.78 is 29.8. The summed E-state index contributed by atoms with van der Waals surface area (Å²) in [6, 6.07) is 3.89. The number of amides is 1. The molecular weight excluding hydrogens is 327 g/mol. The third-order valence-electron chi connectivity index (χ3n) is 2.41. The summed E-state index contributed by atoms with van der Waals surface area (Å²) in [7, 11) is 1.62. The second-order valence-corrected chi connectivity index (χ2v) is 4.79. The number of alkyl halides is 2. The lowest BCUT2D eigenvalue weighted by Crippen LogP contribution is -2.13. The molecule has 0 saturated heterocycles. The number of hydrogen-bond donors (Lipinski definition) is 1. The van der Waals surface area contributed by atoms with Gasteiger partial charge in [0.25, 0.3) is 5.91 Å². The summed E-state index contributed by atoms with van der Waals surface area (Å²) in [5.41, 5.74) is 0.344. The highest BCUT2D eigenvalue weighted by Crippen LogP contribution is 2.29. The molecule has 1 amide bonds. The van der Waals surface area contributed by atoms with Crippen LogP contribution < -0.4 is 10.1 Å². The predicted octanol–water partition coefficient (Wildman–Crippen LogP) is 3.58. The summed E-state index contributed by atoms with van der Waals surface area (Å²) in [5, 5.41) is 6.55. The molecule has 0 aliphatic heterocycles. The number of carbonyl (C=O) groups is 1. The van der Waals surface area contributed by atoms with Crippen molar-refractivity contribution in [3.8, 4) is 5.75 Å². The number of nitrogens with one attached hydrogen (secondary N) is 1. The Morgan fingerprint density at radius 2 is 2.10 bits per heavy atom. The summed E-state index contributed by atoms with van der Waals surface area (Å²) in [6.45, 7) is -2.98. The average molecular weight is 336 g/mol. The minimum Gasteiger partial charge on any atom is -0.433 e. The maximum atomic E-state index is 12.1. The van der Waals surface area contributed by atoms with Gasteiger partial charge >= 0.3 is 6.61 Å². The van der Waals surface area contributed by atoms with Crippen LogP contribution in [-0.4, -0.2) is 22.3 Å². The van der Waals surface area contributed by atoms with Crippen LogP contribution in [0.2, 0.25) is 10.0 Å². The zero-order valence-electron chi connectivity index (χ0n) is 10.6. The van der Waals surface area contributed by atoms with E-state index in [1.54, 1.807) is 7.05 Å². The van der Waals surface area contributed by atoms with Gasteiger partial charge in [-0.2, -0.15) is 13.9 Å². The van der Waals surface area contributed by atoms with Crippen molar-refractivity contribution < 1.29 is 18.3 Å². The molecule has 0 radical (unpaired) electrons. The van der Waals surface area contributed by atoms with Crippen LogP contribution in [0.4, 0.5) is 14.5 Å². The Labute approximate surface area is 128 Å². The number of rotatable bonds is 4. The van der Waals surface area contributed by atoms with Crippen LogP contribution in [0, 0.1) is 0 Å². The van der Waals surface area contributed by atoms with E-state index >= 15 is 0 Å². The number of ether oxygens (including phenoxy) is 1. The van der Waals surface area contributed by atoms with Gasteiger partial charge in [-0.3, -0.25) is 9.48 Å². The number of aromatic nitrogens is 2. The van der Waals surface area contributed by atoms with Gasteiger partial charge in [-0.1, -0.05) is 23.2 Å². The molecule has 9 heteroatoms. The standard InChI is InChI=1S/C12H9Cl2F2N3O2/c1-19-5-8(14)10(18-19)11(20)17-6-2-3-9(7(13)4-6)21-12(15)16/h2-5,12H,1H3,(H,17,20). The van der Waals surface area contributed by atoms with E-state index in [4.69, 9.17) is 23.2 Å². The molecule has 0 fully saturated rings. The van der Waals surface area contributed by atoms with Crippen molar-refractivity contribution in [3.05, 3.63) is 40.1 Å². The second-order valence-electron chi connectivity index (χ2n) is 3.98. The topological polar surface area (TPSA) is 56.2 Å². The minimum absolute atomic E-state index is 0.0446. The molecule has 112 valence electrons. The van der Waals surface area contributed by atoms with Crippen LogP contribution in [0.3, 0.4) is 0 Å². The first kappa shape index (κ1) is 15.5. The quantitative estimate of drug-likeness (QED) is 0.928. The van der Waals surface area contributed by atoms with Crippen LogP contribution in [-0.2, 0) is 7.05 Å². The first-order valence-electron chi connectivity index (χ1n) is 5.61. The average Bonchev–Trinajstić information content (AvgIpc) is 2.71. The highest BCUT2D eigenvalue weighted by Gasteiger charge is 2.16. The van der Waals surface area contributed by atoms with Gasteiger partial charge in [0.15, 0.2) is 5.69 Å². The van der Waals surface area contributed by atoms with Gasteiger partial charge in [-0.15, -0.1) is 0 Å². The molecule has 0 spiro atoms. The van der Waals surface area contributed by atoms with Gasteiger partial charge in [0.2, 0.25) is 0 Å². The number of carbonyl (C=O) groups excluding carboxylic acids is 1. The summed E-state index contributed by atoms with van der Waals surface area (Å²) in [5.74, 6) is -0.722. The van der Waals surface area contributed by atoms with Gasteiger partial charge in [0.1, 0.15) is 5.75 Å². The van der Waals surface area contributed by atoms with Gasteiger partial charge in [0, 0.05) is 18.9 Å². The molecule has 1 aromatic carbocycles. The molecule has 5 nitrogen and oxygen atoms in total. The Bertz CT molecular complexity index is 677. The second kappa shape index (κ2) is 6.28. The van der Waals surface area contributed by atoms with Crippen molar-refractivity contribution in [2.24, 2.45) is 7.05 Å². The van der Waals surface area contributed by atoms with E-state index in [0.29, 0.717) is 5.69 Å². The molecule has 0 aliphatic rings. The minimum atomic E-state index is -2.98. The van der Waals surface area contributed by atoms with Crippen LogP contribution in [0.15, 0.2) is 24.4 Å². The normalized spacial score (nSPS) is 10.8. The Kier molecular flexibility index (Phi) is 4.64. The van der Waals surface area contributed by atoms with E-state index in [9.17, 15) is 13.6 Å². The van der Waals surface area contributed by atoms with E-state index < -0.39 is 12.5 Å². The zero-order chi connectivity index (χ0) is 15.6. The molecule has 0 aliphatic carbocycles. The number of aryl methyl sites for hydroxylation is 1. The number of benzene rings is 1. The molecule has 0 atom stereocenters. The molecule has 2 aromatic rings. The van der Waals surface area contributed by atoms with Gasteiger partial charge in [0.05, 0.1) is 10.0 Å². The molecule has 1 heterocycles. The molecule has 1 aromatic heterocycles. The summed E-state index contributed by atoms with van der Waals surface area (Å²) >= 11 is 11.6. The van der Waals surface area contributed by atoms with Crippen molar-refractivity contribution in [3.63, 3.8) is 0 Å². The van der Waals surface area contributed by atoms with Crippen LogP contribution in [0.1, 0.15) is 10.5 Å². The largest absolute Gasteiger partial charge is 0.433 e. The maximum Gasteiger partial charge on any atom is 0.387 e. The third-order valence-corrected chi connectivity index (χ3v) is 2.98. The molecule has 21 heavy (non-hydrogen) atoms. The van der Waals surface area contributed by atoms with Crippen molar-refractivity contribution in [2.45, 2.75) is 6.61 Å². The molecule has 1 N–H and O–H groups in total. The Balaban J connectivity index is 2.15. The van der Waals surface area contributed by atoms with Gasteiger partial charge < -0.3 is 10.1 Å². The smallest absolute Gasteiger partial charge is 0.387 e. The van der Waals surface area contributed by atoms with Crippen LogP contribution in [0.25, 0.3) is 0 Å². The molecule has 0 saturated carbocycles. The molecule has 2 rings (SSSR count). The lowest BCUT2D eigenvalue weighted by Gasteiger charge is -2.09. The number of hydrogen-bond acceptors (Lipinski definition) is 3. The predicted molar refractivity (Wildman–Crippen MR) is 74.3 cm³/mol. The van der Waals surface area contributed by atoms with E-state index in [1.165, 1.54) is 29.1 Å². The lowest BCUT2D eigenvalue weighted by molar-refractivity contribution is -0.0497. The van der Waals surface area contributed by atoms with E-state index in [-0.39, 0.29) is 21.5 Å². The van der Waals surface area contributed by atoms with Crippen LogP contribution >= 0.6 is 23.2 Å². The zero-order valence-corrected chi connectivity index (χ0v) is 12.1. The lowest BCUT2D eigenvalue weighted by atomic mass is 10.3. The number of nitrogens with zero attached hydrogens (tertiary/aromatic N) is 2. The highest BCUT2D eigenvalue weighted by molar-refractivity contribution is 6.34. The monoisotopic (exact) mass is 335 g/mol. The van der Waals surface area contributed by atoms with E-state index in [1.807, 2.05) is 0 Å². The molecular formula is C12H9Cl2F2N3O2. The summed E-state index contributed by atoms with van der Waals surface area (Å²) in [4.78, 5) is 12.0. The summed E-state index contributed by atoms with van der Waals surface area (Å²) in [6.07, 6.45) is 1.48. The number of anilines is 1. The van der Waals surface area contributed by atoms with Gasteiger partial charge in [-0.05, 0) is 18.2 Å². The van der Waals surface area contributed by atoms with Crippen molar-refractivity contribution in [1.82, 2.24) is 9.78 Å². The van der Waals surface area contributed by atoms with Crippen molar-refractivity contribution >= 4 is 34.8 Å². The first-order valence-corrected chi connectivity index (χ1v) is 6.37. The van der Waals surface area contributed by atoms with Crippen LogP contribution in [0.5, 0.6) is 5.75 Å². The fourth-order valence-corrected chi connectivity index (χ4v) is 2.06. The maximum absolute atomic E-state index is 12.1. The molecule has 0 unspecified atom stereocenters. The highest BCUT2D eigenvalue weighted by atomic mass is 35.5. The first-order chi connectivity index (χ1) is 9.86. The van der Waals surface area contributed by atoms with E-state index in [2.05, 4.69) is 15.2 Å². The van der Waals surface area contributed by atoms with Crippen molar-refractivity contribution in [2.75, 3.05) is 5.32 Å². The Hall–Kier alpha value is -1.86. The molecule has 0 bridgehead atoms. The Morgan fingerprint density at radius 3 is 2.62 bits per heavy atom.